The van der Waals surface area contributed by atoms with Crippen LogP contribution in [0.3, 0.4) is 0 Å². The molecule has 176 valence electrons. The van der Waals surface area contributed by atoms with E-state index in [1.165, 1.54) is 13.1 Å². The summed E-state index contributed by atoms with van der Waals surface area (Å²) in [4.78, 5) is 12.9. The number of aryl methyl sites for hydroxylation is 1. The van der Waals surface area contributed by atoms with Gasteiger partial charge in [0.1, 0.15) is 17.0 Å². The van der Waals surface area contributed by atoms with Gasteiger partial charge in [0.25, 0.3) is 12.3 Å². The van der Waals surface area contributed by atoms with Gasteiger partial charge in [0.15, 0.2) is 0 Å². The lowest BCUT2D eigenvalue weighted by atomic mass is 10.1. The summed E-state index contributed by atoms with van der Waals surface area (Å²) in [5.74, 6) is -1.65. The highest BCUT2D eigenvalue weighted by atomic mass is 19.4. The number of benzene rings is 2. The molecule has 0 aliphatic heterocycles. The van der Waals surface area contributed by atoms with Crippen LogP contribution in [0.25, 0.3) is 0 Å². The summed E-state index contributed by atoms with van der Waals surface area (Å²) in [6.07, 6.45) is -7.77. The number of nitrogens with one attached hydrogen (secondary N) is 1. The van der Waals surface area contributed by atoms with Gasteiger partial charge in [-0.3, -0.25) is 4.79 Å². The largest absolute Gasteiger partial charge is 0.438 e. The van der Waals surface area contributed by atoms with Crippen molar-refractivity contribution in [3.63, 3.8) is 0 Å². The molecule has 0 radical (unpaired) electrons. The van der Waals surface area contributed by atoms with E-state index in [0.29, 0.717) is 17.2 Å². The lowest BCUT2D eigenvalue weighted by Crippen LogP contribution is -2.27. The number of hydrogen-bond donors (Lipinski definition) is 2. The normalized spacial score (nSPS) is 12.6. The molecule has 0 bridgehead atoms. The molecule has 1 aromatic heterocycles. The highest BCUT2D eigenvalue weighted by Gasteiger charge is 2.33. The summed E-state index contributed by atoms with van der Waals surface area (Å²) in [7, 11) is 1.24. The zero-order valence-corrected chi connectivity index (χ0v) is 17.5. The fourth-order valence-electron chi connectivity index (χ4n) is 3.12. The minimum atomic E-state index is -4.64. The van der Waals surface area contributed by atoms with Gasteiger partial charge in [0.05, 0.1) is 18.2 Å². The molecule has 33 heavy (non-hydrogen) atoms. The first-order chi connectivity index (χ1) is 15.5. The molecule has 1 heterocycles. The van der Waals surface area contributed by atoms with Gasteiger partial charge in [0.2, 0.25) is 5.88 Å². The Labute approximate surface area is 185 Å². The molecule has 1 amide bonds. The van der Waals surface area contributed by atoms with E-state index in [4.69, 9.17) is 9.84 Å². The van der Waals surface area contributed by atoms with Crippen molar-refractivity contribution in [1.29, 1.82) is 0 Å². The van der Waals surface area contributed by atoms with Gasteiger partial charge >= 0.3 is 6.18 Å². The predicted octanol–water partition coefficient (Wildman–Crippen LogP) is 5.15. The number of ether oxygens (including phenoxy) is 1. The van der Waals surface area contributed by atoms with Crippen molar-refractivity contribution in [2.45, 2.75) is 32.2 Å². The Morgan fingerprint density at radius 3 is 2.42 bits per heavy atom. The van der Waals surface area contributed by atoms with Crippen LogP contribution in [-0.4, -0.2) is 20.8 Å². The second kappa shape index (κ2) is 9.57. The maximum Gasteiger partial charge on any atom is 0.416 e. The summed E-state index contributed by atoms with van der Waals surface area (Å²) < 4.78 is 72.5. The van der Waals surface area contributed by atoms with Crippen LogP contribution in [0.5, 0.6) is 11.6 Å². The third kappa shape index (κ3) is 5.48. The van der Waals surface area contributed by atoms with E-state index in [9.17, 15) is 26.7 Å². The third-order valence-electron chi connectivity index (χ3n) is 4.84. The molecule has 0 aliphatic carbocycles. The number of amides is 1. The van der Waals surface area contributed by atoms with Crippen molar-refractivity contribution in [3.8, 4) is 11.6 Å². The highest BCUT2D eigenvalue weighted by molar-refractivity contribution is 5.98. The lowest BCUT2D eigenvalue weighted by Gasteiger charge is -2.16. The van der Waals surface area contributed by atoms with E-state index >= 15 is 0 Å². The van der Waals surface area contributed by atoms with E-state index in [1.54, 1.807) is 31.2 Å². The monoisotopic (exact) mass is 469 g/mol. The zero-order chi connectivity index (χ0) is 24.3. The first-order valence-corrected chi connectivity index (χ1v) is 9.72. The quantitative estimate of drug-likeness (QED) is 0.469. The smallest absolute Gasteiger partial charge is 0.416 e. The SMILES string of the molecule is CC(NC(=O)c1c(C(F)F)nn(C)c1Oc1cccc(C(F)(F)F)c1)c1ccc(CO)cc1. The Hall–Kier alpha value is -3.47. The van der Waals surface area contributed by atoms with E-state index in [1.807, 2.05) is 0 Å². The third-order valence-corrected chi connectivity index (χ3v) is 4.84. The van der Waals surface area contributed by atoms with Crippen LogP contribution in [0.2, 0.25) is 0 Å². The number of hydrogen-bond acceptors (Lipinski definition) is 4. The Kier molecular flexibility index (Phi) is 7.01. The first kappa shape index (κ1) is 24.2. The number of halogens is 5. The van der Waals surface area contributed by atoms with E-state index < -0.39 is 47.3 Å². The molecule has 6 nitrogen and oxygen atoms in total. The standard InChI is InChI=1S/C22H20F5N3O3/c1-12(14-8-6-13(11-31)7-9-14)28-20(32)17-18(19(23)24)29-30(2)21(17)33-16-5-3-4-15(10-16)22(25,26)27/h3-10,12,19,31H,11H2,1-2H3,(H,28,32). The molecule has 1 unspecified atom stereocenters. The molecule has 0 saturated carbocycles. The molecule has 0 spiro atoms. The summed E-state index contributed by atoms with van der Waals surface area (Å²) in [5, 5.41) is 15.3. The van der Waals surface area contributed by atoms with E-state index in [-0.39, 0.29) is 12.4 Å². The van der Waals surface area contributed by atoms with Crippen LogP contribution in [-0.2, 0) is 19.8 Å². The Morgan fingerprint density at radius 1 is 1.18 bits per heavy atom. The number of alkyl halides is 5. The van der Waals surface area contributed by atoms with Crippen LogP contribution in [0, 0.1) is 0 Å². The van der Waals surface area contributed by atoms with E-state index in [2.05, 4.69) is 10.4 Å². The number of aliphatic hydroxyl groups is 1. The number of aliphatic hydroxyl groups excluding tert-OH is 1. The fraction of sp³-hybridized carbons (Fsp3) is 0.273. The maximum atomic E-state index is 13.6. The van der Waals surface area contributed by atoms with Gasteiger partial charge in [-0.05, 0) is 36.2 Å². The molecular weight excluding hydrogens is 449 g/mol. The molecule has 3 rings (SSSR count). The molecule has 2 aromatic carbocycles. The fourth-order valence-corrected chi connectivity index (χ4v) is 3.12. The van der Waals surface area contributed by atoms with Crippen LogP contribution < -0.4 is 10.1 Å². The van der Waals surface area contributed by atoms with Crippen molar-refractivity contribution in [3.05, 3.63) is 76.5 Å². The number of carbonyl (C=O) groups excluding carboxylic acids is 1. The topological polar surface area (TPSA) is 76.4 Å². The van der Waals surface area contributed by atoms with Crippen molar-refractivity contribution in [2.75, 3.05) is 0 Å². The molecule has 3 aromatic rings. The van der Waals surface area contributed by atoms with Gasteiger partial charge < -0.3 is 15.2 Å². The highest BCUT2D eigenvalue weighted by Crippen LogP contribution is 2.35. The zero-order valence-electron chi connectivity index (χ0n) is 17.5. The number of carbonyl (C=O) groups is 1. The van der Waals surface area contributed by atoms with Crippen molar-refractivity contribution in [2.24, 2.45) is 7.05 Å². The van der Waals surface area contributed by atoms with Crippen molar-refractivity contribution >= 4 is 5.91 Å². The minimum absolute atomic E-state index is 0.162. The number of nitrogens with zero attached hydrogens (tertiary/aromatic N) is 2. The average Bonchev–Trinajstić information content (AvgIpc) is 3.10. The summed E-state index contributed by atoms with van der Waals surface area (Å²) in [5.41, 5.74) is -1.14. The second-order valence-electron chi connectivity index (χ2n) is 7.21. The number of rotatable bonds is 7. The molecule has 11 heteroatoms. The predicted molar refractivity (Wildman–Crippen MR) is 108 cm³/mol. The molecule has 0 saturated heterocycles. The Morgan fingerprint density at radius 2 is 1.85 bits per heavy atom. The average molecular weight is 469 g/mol. The van der Waals surface area contributed by atoms with E-state index in [0.717, 1.165) is 16.8 Å². The molecule has 2 N–H and O–H groups in total. The summed E-state index contributed by atoms with van der Waals surface area (Å²) in [6, 6.07) is 9.83. The number of aromatic nitrogens is 2. The molecular formula is C22H20F5N3O3. The molecule has 1 atom stereocenters. The first-order valence-electron chi connectivity index (χ1n) is 9.72. The van der Waals surface area contributed by atoms with Gasteiger partial charge in [-0.1, -0.05) is 30.3 Å². The van der Waals surface area contributed by atoms with Crippen LogP contribution in [0.1, 0.15) is 52.1 Å². The summed E-state index contributed by atoms with van der Waals surface area (Å²) >= 11 is 0. The minimum Gasteiger partial charge on any atom is -0.438 e. The molecule has 0 fully saturated rings. The van der Waals surface area contributed by atoms with Gasteiger partial charge in [-0.25, -0.2) is 13.5 Å². The van der Waals surface area contributed by atoms with Gasteiger partial charge in [-0.2, -0.15) is 18.3 Å². The van der Waals surface area contributed by atoms with Crippen LogP contribution in [0.4, 0.5) is 22.0 Å². The maximum absolute atomic E-state index is 13.6. The van der Waals surface area contributed by atoms with Crippen LogP contribution in [0.15, 0.2) is 48.5 Å². The Balaban J connectivity index is 1.93. The second-order valence-corrected chi connectivity index (χ2v) is 7.21. The lowest BCUT2D eigenvalue weighted by molar-refractivity contribution is -0.137. The van der Waals surface area contributed by atoms with Crippen LogP contribution >= 0.6 is 0 Å². The van der Waals surface area contributed by atoms with Gasteiger partial charge in [-0.15, -0.1) is 0 Å². The molecule has 0 aliphatic rings. The van der Waals surface area contributed by atoms with Crippen molar-refractivity contribution in [1.82, 2.24) is 15.1 Å². The van der Waals surface area contributed by atoms with Gasteiger partial charge in [0, 0.05) is 7.05 Å². The Bertz CT molecular complexity index is 1130. The van der Waals surface area contributed by atoms with Crippen molar-refractivity contribution < 1.29 is 36.6 Å². The summed E-state index contributed by atoms with van der Waals surface area (Å²) in [6.45, 7) is 1.46.